The Kier molecular flexibility index (Phi) is 5.23. The van der Waals surface area contributed by atoms with E-state index in [1.165, 1.54) is 11.3 Å². The molecule has 5 heterocycles. The van der Waals surface area contributed by atoms with Crippen LogP contribution in [0.3, 0.4) is 0 Å². The molecule has 0 spiro atoms. The van der Waals surface area contributed by atoms with E-state index in [-0.39, 0.29) is 16.9 Å². The summed E-state index contributed by atoms with van der Waals surface area (Å²) in [6.45, 7) is 6.35. The lowest BCUT2D eigenvalue weighted by Gasteiger charge is -2.33. The van der Waals surface area contributed by atoms with Crippen molar-refractivity contribution in [2.24, 2.45) is 0 Å². The van der Waals surface area contributed by atoms with E-state index in [0.29, 0.717) is 34.8 Å². The van der Waals surface area contributed by atoms with Gasteiger partial charge in [-0.05, 0) is 32.3 Å². The second-order valence-corrected chi connectivity index (χ2v) is 10.3. The van der Waals surface area contributed by atoms with Crippen LogP contribution < -0.4 is 10.3 Å². The van der Waals surface area contributed by atoms with Crippen LogP contribution in [0.4, 0.5) is 5.82 Å². The SMILES string of the molecule is CN1CCN(C(=O)c2c(=O)c3cc(N4CCN(C)CC4)nnc3n3c2sc2ccccc23)CC1. The van der Waals surface area contributed by atoms with Crippen molar-refractivity contribution in [1.29, 1.82) is 0 Å². The number of likely N-dealkylation sites (N-methyl/N-ethyl adjacent to an activating group) is 2. The number of nitrogens with zero attached hydrogens (tertiary/aromatic N) is 7. The van der Waals surface area contributed by atoms with Gasteiger partial charge in [0.15, 0.2) is 11.5 Å². The van der Waals surface area contributed by atoms with E-state index in [9.17, 15) is 9.59 Å². The number of carbonyl (C=O) groups is 1. The zero-order valence-electron chi connectivity index (χ0n) is 19.4. The summed E-state index contributed by atoms with van der Waals surface area (Å²) >= 11 is 1.46. The third-order valence-corrected chi connectivity index (χ3v) is 8.15. The molecular formula is C24H27N7O2S. The number of amides is 1. The van der Waals surface area contributed by atoms with Gasteiger partial charge in [0.25, 0.3) is 5.91 Å². The van der Waals surface area contributed by atoms with E-state index in [1.807, 2.05) is 39.6 Å². The lowest BCUT2D eigenvalue weighted by Crippen LogP contribution is -2.48. The lowest BCUT2D eigenvalue weighted by molar-refractivity contribution is 0.0665. The van der Waals surface area contributed by atoms with Crippen LogP contribution in [0.2, 0.25) is 0 Å². The predicted molar refractivity (Wildman–Crippen MR) is 135 cm³/mol. The largest absolute Gasteiger partial charge is 0.353 e. The van der Waals surface area contributed by atoms with E-state index in [4.69, 9.17) is 0 Å². The number of hydrogen-bond donors (Lipinski definition) is 0. The van der Waals surface area contributed by atoms with Gasteiger partial charge < -0.3 is 19.6 Å². The summed E-state index contributed by atoms with van der Waals surface area (Å²) in [5.41, 5.74) is 1.43. The molecule has 2 aliphatic rings. The first kappa shape index (κ1) is 21.5. The van der Waals surface area contributed by atoms with Crippen LogP contribution in [-0.4, -0.2) is 102 Å². The van der Waals surface area contributed by atoms with Crippen molar-refractivity contribution in [1.82, 2.24) is 29.3 Å². The average Bonchev–Trinajstić information content (AvgIpc) is 3.24. The number of piperazine rings is 2. The Morgan fingerprint density at radius 3 is 2.32 bits per heavy atom. The molecule has 0 N–H and O–H groups in total. The van der Waals surface area contributed by atoms with Crippen LogP contribution in [-0.2, 0) is 0 Å². The highest BCUT2D eigenvalue weighted by Crippen LogP contribution is 2.31. The van der Waals surface area contributed by atoms with Crippen LogP contribution in [0.15, 0.2) is 35.1 Å². The van der Waals surface area contributed by atoms with Gasteiger partial charge in [0.1, 0.15) is 10.4 Å². The van der Waals surface area contributed by atoms with Gasteiger partial charge in [-0.15, -0.1) is 21.5 Å². The Morgan fingerprint density at radius 2 is 1.59 bits per heavy atom. The number of aromatic nitrogens is 3. The quantitative estimate of drug-likeness (QED) is 0.434. The van der Waals surface area contributed by atoms with Crippen molar-refractivity contribution >= 4 is 49.1 Å². The van der Waals surface area contributed by atoms with Crippen LogP contribution in [0.25, 0.3) is 26.1 Å². The average molecular weight is 478 g/mol. The van der Waals surface area contributed by atoms with Crippen LogP contribution in [0.5, 0.6) is 0 Å². The molecule has 2 fully saturated rings. The maximum absolute atomic E-state index is 13.9. The summed E-state index contributed by atoms with van der Waals surface area (Å²) in [5, 5.41) is 9.50. The number of para-hydroxylation sites is 1. The highest BCUT2D eigenvalue weighted by molar-refractivity contribution is 7.24. The monoisotopic (exact) mass is 477 g/mol. The van der Waals surface area contributed by atoms with Gasteiger partial charge in [0, 0.05) is 52.4 Å². The molecule has 176 valence electrons. The van der Waals surface area contributed by atoms with E-state index in [2.05, 4.69) is 39.0 Å². The van der Waals surface area contributed by atoms with Gasteiger partial charge >= 0.3 is 0 Å². The normalized spacial score (nSPS) is 18.4. The number of anilines is 1. The van der Waals surface area contributed by atoms with Crippen molar-refractivity contribution in [2.45, 2.75) is 0 Å². The van der Waals surface area contributed by atoms with Crippen molar-refractivity contribution in [3.05, 3.63) is 46.1 Å². The van der Waals surface area contributed by atoms with E-state index in [1.54, 1.807) is 0 Å². The number of benzene rings is 1. The minimum Gasteiger partial charge on any atom is -0.353 e. The summed E-state index contributed by atoms with van der Waals surface area (Å²) in [7, 11) is 4.15. The molecule has 0 saturated carbocycles. The molecule has 0 aliphatic carbocycles. The third kappa shape index (κ3) is 3.44. The van der Waals surface area contributed by atoms with Crippen molar-refractivity contribution in [3.8, 4) is 0 Å². The molecule has 2 aliphatic heterocycles. The fraction of sp³-hybridized carbons (Fsp3) is 0.417. The number of fused-ring (bicyclic) bond motifs is 5. The second kappa shape index (κ2) is 8.30. The number of rotatable bonds is 2. The highest BCUT2D eigenvalue weighted by Gasteiger charge is 2.28. The van der Waals surface area contributed by atoms with E-state index < -0.39 is 0 Å². The highest BCUT2D eigenvalue weighted by atomic mass is 32.1. The summed E-state index contributed by atoms with van der Waals surface area (Å²) < 4.78 is 2.95. The molecule has 10 heteroatoms. The third-order valence-electron chi connectivity index (χ3n) is 7.01. The van der Waals surface area contributed by atoms with E-state index >= 15 is 0 Å². The molecule has 1 amide bonds. The van der Waals surface area contributed by atoms with Crippen LogP contribution in [0.1, 0.15) is 10.4 Å². The fourth-order valence-corrected chi connectivity index (χ4v) is 6.02. The first-order valence-electron chi connectivity index (χ1n) is 11.7. The molecular weight excluding hydrogens is 450 g/mol. The Labute approximate surface area is 200 Å². The van der Waals surface area contributed by atoms with Crippen molar-refractivity contribution in [3.63, 3.8) is 0 Å². The van der Waals surface area contributed by atoms with Gasteiger partial charge in [0.05, 0.1) is 15.6 Å². The van der Waals surface area contributed by atoms with Crippen molar-refractivity contribution < 1.29 is 4.79 Å². The summed E-state index contributed by atoms with van der Waals surface area (Å²) in [6, 6.07) is 9.78. The number of hydrogen-bond acceptors (Lipinski definition) is 8. The topological polar surface area (TPSA) is 77.3 Å². The molecule has 1 aromatic carbocycles. The van der Waals surface area contributed by atoms with Gasteiger partial charge in [-0.1, -0.05) is 12.1 Å². The Balaban J connectivity index is 1.57. The molecule has 34 heavy (non-hydrogen) atoms. The second-order valence-electron chi connectivity index (χ2n) is 9.24. The van der Waals surface area contributed by atoms with Crippen LogP contribution >= 0.6 is 11.3 Å². The Hall–Kier alpha value is -3.08. The standard InChI is InChI=1S/C24H27N7O2S/c1-27-7-11-29(12-8-27)19-15-16-21(32)20(23(33)30-13-9-28(2)10-14-30)24-31(22(16)26-25-19)17-5-3-4-6-18(17)34-24/h3-6,15H,7-14H2,1-2H3. The molecule has 9 nitrogen and oxygen atoms in total. The Bertz CT molecular complexity index is 1460. The zero-order valence-corrected chi connectivity index (χ0v) is 20.2. The number of pyridine rings is 1. The van der Waals surface area contributed by atoms with Crippen LogP contribution in [0, 0.1) is 0 Å². The first-order valence-corrected chi connectivity index (χ1v) is 12.5. The summed E-state index contributed by atoms with van der Waals surface area (Å²) in [6.07, 6.45) is 0. The minimum atomic E-state index is -0.254. The molecule has 0 radical (unpaired) electrons. The molecule has 0 atom stereocenters. The zero-order chi connectivity index (χ0) is 23.4. The number of carbonyl (C=O) groups excluding carboxylic acids is 1. The fourth-order valence-electron chi connectivity index (χ4n) is 4.85. The molecule has 6 rings (SSSR count). The van der Waals surface area contributed by atoms with E-state index in [0.717, 1.165) is 49.5 Å². The molecule has 2 saturated heterocycles. The Morgan fingerprint density at radius 1 is 0.912 bits per heavy atom. The molecule has 3 aromatic heterocycles. The smallest absolute Gasteiger partial charge is 0.260 e. The summed E-state index contributed by atoms with van der Waals surface area (Å²) in [5.74, 6) is 0.497. The first-order chi connectivity index (χ1) is 16.5. The van der Waals surface area contributed by atoms with Gasteiger partial charge in [-0.3, -0.25) is 14.0 Å². The lowest BCUT2D eigenvalue weighted by atomic mass is 10.1. The maximum atomic E-state index is 13.9. The van der Waals surface area contributed by atoms with Crippen molar-refractivity contribution in [2.75, 3.05) is 71.4 Å². The van der Waals surface area contributed by atoms with Gasteiger partial charge in [0.2, 0.25) is 5.43 Å². The predicted octanol–water partition coefficient (Wildman–Crippen LogP) is 1.60. The maximum Gasteiger partial charge on any atom is 0.260 e. The van der Waals surface area contributed by atoms with Gasteiger partial charge in [-0.2, -0.15) is 0 Å². The molecule has 4 aromatic rings. The molecule has 0 unspecified atom stereocenters. The minimum absolute atomic E-state index is 0.193. The summed E-state index contributed by atoms with van der Waals surface area (Å²) in [4.78, 5) is 36.7. The van der Waals surface area contributed by atoms with Gasteiger partial charge in [-0.25, -0.2) is 0 Å². The number of thiazole rings is 1. The molecule has 0 bridgehead atoms.